The number of amides is 2. The van der Waals surface area contributed by atoms with Crippen LogP contribution in [0.25, 0.3) is 0 Å². The van der Waals surface area contributed by atoms with Crippen LogP contribution in [0.5, 0.6) is 5.75 Å². The van der Waals surface area contributed by atoms with Gasteiger partial charge in [-0.15, -0.1) is 0 Å². The molecule has 1 atom stereocenters. The number of nitrogens with one attached hydrogen (secondary N) is 1. The van der Waals surface area contributed by atoms with Crippen molar-refractivity contribution in [2.75, 3.05) is 25.1 Å². The Morgan fingerprint density at radius 3 is 2.54 bits per heavy atom. The quantitative estimate of drug-likeness (QED) is 0.865. The molecule has 6 heteroatoms. The molecule has 2 amide bonds. The molecule has 136 valence electrons. The molecule has 0 spiro atoms. The summed E-state index contributed by atoms with van der Waals surface area (Å²) < 4.78 is 18.0. The number of nitrogens with zero attached hydrogens (tertiary/aromatic N) is 1. The van der Waals surface area contributed by atoms with Gasteiger partial charge in [0.1, 0.15) is 11.6 Å². The van der Waals surface area contributed by atoms with Crippen LogP contribution in [0, 0.1) is 11.7 Å². The van der Waals surface area contributed by atoms with Crippen LogP contribution >= 0.6 is 0 Å². The van der Waals surface area contributed by atoms with Crippen molar-refractivity contribution in [2.45, 2.75) is 12.8 Å². The molecular formula is C20H21FN2O3. The first-order valence-corrected chi connectivity index (χ1v) is 8.50. The third kappa shape index (κ3) is 4.39. The maximum absolute atomic E-state index is 12.9. The van der Waals surface area contributed by atoms with E-state index in [1.807, 2.05) is 24.3 Å². The molecule has 0 radical (unpaired) electrons. The molecule has 2 aromatic carbocycles. The van der Waals surface area contributed by atoms with E-state index >= 15 is 0 Å². The zero-order valence-electron chi connectivity index (χ0n) is 14.6. The van der Waals surface area contributed by atoms with Crippen molar-refractivity contribution in [3.05, 3.63) is 59.9 Å². The van der Waals surface area contributed by atoms with E-state index in [0.717, 1.165) is 17.0 Å². The van der Waals surface area contributed by atoms with Crippen LogP contribution in [0.1, 0.15) is 12.0 Å². The molecular weight excluding hydrogens is 335 g/mol. The molecule has 5 nitrogen and oxygen atoms in total. The first kappa shape index (κ1) is 17.9. The lowest BCUT2D eigenvalue weighted by Gasteiger charge is -2.17. The second kappa shape index (κ2) is 7.99. The van der Waals surface area contributed by atoms with Gasteiger partial charge in [-0.05, 0) is 42.0 Å². The molecule has 1 saturated heterocycles. The van der Waals surface area contributed by atoms with Gasteiger partial charge in [0.25, 0.3) is 0 Å². The number of ether oxygens (including phenoxy) is 1. The average Bonchev–Trinajstić information content (AvgIpc) is 3.03. The van der Waals surface area contributed by atoms with Gasteiger partial charge in [-0.2, -0.15) is 0 Å². The Balaban J connectivity index is 1.50. The number of anilines is 1. The fourth-order valence-electron chi connectivity index (χ4n) is 3.04. The Labute approximate surface area is 151 Å². The lowest BCUT2D eigenvalue weighted by Crippen LogP contribution is -2.32. The topological polar surface area (TPSA) is 58.6 Å². The average molecular weight is 356 g/mol. The highest BCUT2D eigenvalue weighted by Gasteiger charge is 2.30. The predicted octanol–water partition coefficient (Wildman–Crippen LogP) is 2.55. The molecule has 0 aliphatic carbocycles. The molecule has 2 aromatic rings. The van der Waals surface area contributed by atoms with Gasteiger partial charge < -0.3 is 15.0 Å². The van der Waals surface area contributed by atoms with Gasteiger partial charge in [0, 0.05) is 31.1 Å². The summed E-state index contributed by atoms with van der Waals surface area (Å²) in [5.41, 5.74) is 1.59. The van der Waals surface area contributed by atoms with Crippen molar-refractivity contribution in [3.63, 3.8) is 0 Å². The number of methoxy groups -OCH3 is 1. The lowest BCUT2D eigenvalue weighted by atomic mass is 10.1. The molecule has 1 unspecified atom stereocenters. The third-order valence-corrected chi connectivity index (χ3v) is 4.46. The van der Waals surface area contributed by atoms with Gasteiger partial charge >= 0.3 is 0 Å². The fraction of sp³-hybridized carbons (Fsp3) is 0.300. The van der Waals surface area contributed by atoms with E-state index in [4.69, 9.17) is 4.74 Å². The summed E-state index contributed by atoms with van der Waals surface area (Å²) in [5.74, 6) is 0.406. The van der Waals surface area contributed by atoms with Crippen LogP contribution in [0.3, 0.4) is 0 Å². The van der Waals surface area contributed by atoms with Crippen molar-refractivity contribution < 1.29 is 18.7 Å². The smallest absolute Gasteiger partial charge is 0.227 e. The van der Waals surface area contributed by atoms with Crippen molar-refractivity contribution in [2.24, 2.45) is 5.92 Å². The summed E-state index contributed by atoms with van der Waals surface area (Å²) in [7, 11) is 1.60. The molecule has 1 N–H and O–H groups in total. The SMILES string of the molecule is COc1ccc(N2CC(CNC(=O)Cc3ccc(F)cc3)CC2=O)cc1. The van der Waals surface area contributed by atoms with Crippen molar-refractivity contribution in [1.29, 1.82) is 0 Å². The first-order chi connectivity index (χ1) is 12.5. The molecule has 3 rings (SSSR count). The van der Waals surface area contributed by atoms with Crippen LogP contribution in [-0.4, -0.2) is 32.0 Å². The maximum Gasteiger partial charge on any atom is 0.227 e. The molecule has 0 bridgehead atoms. The van der Waals surface area contributed by atoms with Gasteiger partial charge in [-0.1, -0.05) is 12.1 Å². The number of hydrogen-bond donors (Lipinski definition) is 1. The van der Waals surface area contributed by atoms with Gasteiger partial charge in [-0.3, -0.25) is 9.59 Å². The van der Waals surface area contributed by atoms with Crippen molar-refractivity contribution >= 4 is 17.5 Å². The largest absolute Gasteiger partial charge is 0.497 e. The number of rotatable bonds is 6. The number of benzene rings is 2. The Bertz CT molecular complexity index is 775. The van der Waals surface area contributed by atoms with E-state index in [2.05, 4.69) is 5.32 Å². The van der Waals surface area contributed by atoms with Crippen molar-refractivity contribution in [1.82, 2.24) is 5.32 Å². The summed E-state index contributed by atoms with van der Waals surface area (Å²) in [4.78, 5) is 26.0. The van der Waals surface area contributed by atoms with E-state index in [1.54, 1.807) is 24.1 Å². The van der Waals surface area contributed by atoms with E-state index in [0.29, 0.717) is 19.5 Å². The van der Waals surface area contributed by atoms with Crippen LogP contribution in [0.4, 0.5) is 10.1 Å². The molecule has 1 aliphatic rings. The van der Waals surface area contributed by atoms with E-state index < -0.39 is 0 Å². The normalized spacial score (nSPS) is 16.6. The molecule has 0 aromatic heterocycles. The standard InChI is InChI=1S/C20H21FN2O3/c1-26-18-8-6-17(7-9-18)23-13-15(11-20(23)25)12-22-19(24)10-14-2-4-16(21)5-3-14/h2-9,15H,10-13H2,1H3,(H,22,24). The van der Waals surface area contributed by atoms with E-state index in [1.165, 1.54) is 12.1 Å². The monoisotopic (exact) mass is 356 g/mol. The van der Waals surface area contributed by atoms with Crippen molar-refractivity contribution in [3.8, 4) is 5.75 Å². The highest BCUT2D eigenvalue weighted by atomic mass is 19.1. The molecule has 0 saturated carbocycles. The van der Waals surface area contributed by atoms with Gasteiger partial charge in [0.05, 0.1) is 13.5 Å². The second-order valence-electron chi connectivity index (χ2n) is 6.38. The predicted molar refractivity (Wildman–Crippen MR) is 96.6 cm³/mol. The maximum atomic E-state index is 12.9. The van der Waals surface area contributed by atoms with Crippen LogP contribution < -0.4 is 15.0 Å². The lowest BCUT2D eigenvalue weighted by molar-refractivity contribution is -0.121. The summed E-state index contributed by atoms with van der Waals surface area (Å²) in [6, 6.07) is 13.2. The summed E-state index contributed by atoms with van der Waals surface area (Å²) >= 11 is 0. The van der Waals surface area contributed by atoms with E-state index in [-0.39, 0.29) is 30.0 Å². The fourth-order valence-corrected chi connectivity index (χ4v) is 3.04. The summed E-state index contributed by atoms with van der Waals surface area (Å²) in [5, 5.41) is 2.87. The van der Waals surface area contributed by atoms with Gasteiger partial charge in [-0.25, -0.2) is 4.39 Å². The summed E-state index contributed by atoms with van der Waals surface area (Å²) in [6.07, 6.45) is 0.603. The molecule has 1 fully saturated rings. The zero-order chi connectivity index (χ0) is 18.5. The first-order valence-electron chi connectivity index (χ1n) is 8.50. The zero-order valence-corrected chi connectivity index (χ0v) is 14.6. The molecule has 1 aliphatic heterocycles. The van der Waals surface area contributed by atoms with E-state index in [9.17, 15) is 14.0 Å². The van der Waals surface area contributed by atoms with Crippen LogP contribution in [-0.2, 0) is 16.0 Å². The minimum atomic E-state index is -0.322. The van der Waals surface area contributed by atoms with Gasteiger partial charge in [0.2, 0.25) is 11.8 Å². The highest BCUT2D eigenvalue weighted by molar-refractivity contribution is 5.95. The highest BCUT2D eigenvalue weighted by Crippen LogP contribution is 2.26. The Hall–Kier alpha value is -2.89. The molecule has 26 heavy (non-hydrogen) atoms. The molecule has 1 heterocycles. The Morgan fingerprint density at radius 1 is 1.19 bits per heavy atom. The number of carbonyl (C=O) groups excluding carboxylic acids is 2. The Kier molecular flexibility index (Phi) is 5.51. The number of halogens is 1. The van der Waals surface area contributed by atoms with Gasteiger partial charge in [0.15, 0.2) is 0 Å². The van der Waals surface area contributed by atoms with Crippen LogP contribution in [0.2, 0.25) is 0 Å². The number of carbonyl (C=O) groups is 2. The Morgan fingerprint density at radius 2 is 1.88 bits per heavy atom. The van der Waals surface area contributed by atoms with Crippen LogP contribution in [0.15, 0.2) is 48.5 Å². The second-order valence-corrected chi connectivity index (χ2v) is 6.38. The third-order valence-electron chi connectivity index (χ3n) is 4.46. The summed E-state index contributed by atoms with van der Waals surface area (Å²) in [6.45, 7) is 1.01. The minimum Gasteiger partial charge on any atom is -0.497 e. The minimum absolute atomic E-state index is 0.0490. The number of hydrogen-bond acceptors (Lipinski definition) is 3.